The van der Waals surface area contributed by atoms with E-state index in [2.05, 4.69) is 19.1 Å². The third-order valence-electron chi connectivity index (χ3n) is 3.39. The smallest absolute Gasteiger partial charge is 0.161 e. The van der Waals surface area contributed by atoms with E-state index >= 15 is 0 Å². The van der Waals surface area contributed by atoms with Crippen LogP contribution in [0, 0.1) is 0 Å². The van der Waals surface area contributed by atoms with Gasteiger partial charge in [0.15, 0.2) is 11.5 Å². The fraction of sp³-hybridized carbons (Fsp3) is 0.571. The summed E-state index contributed by atoms with van der Waals surface area (Å²) in [6.07, 6.45) is 3.07. The van der Waals surface area contributed by atoms with E-state index in [4.69, 9.17) is 14.2 Å². The molecule has 2 aliphatic heterocycles. The molecule has 1 aromatic carbocycles. The van der Waals surface area contributed by atoms with Crippen molar-refractivity contribution in [3.63, 3.8) is 0 Å². The second-order valence-electron chi connectivity index (χ2n) is 5.07. The lowest BCUT2D eigenvalue weighted by Gasteiger charge is -2.10. The number of hydrogen-bond donors (Lipinski definition) is 0. The highest BCUT2D eigenvalue weighted by atomic mass is 16.6. The Morgan fingerprint density at radius 2 is 1.94 bits per heavy atom. The molecule has 1 unspecified atom stereocenters. The second-order valence-corrected chi connectivity index (χ2v) is 5.07. The molecule has 1 aromatic rings. The molecule has 3 nitrogen and oxygen atoms in total. The molecule has 2 heterocycles. The van der Waals surface area contributed by atoms with Crippen LogP contribution in [-0.2, 0) is 11.2 Å². The summed E-state index contributed by atoms with van der Waals surface area (Å²) in [6.45, 7) is 4.56. The molecule has 0 aromatic heterocycles. The van der Waals surface area contributed by atoms with E-state index < -0.39 is 0 Å². The van der Waals surface area contributed by atoms with Gasteiger partial charge in [-0.3, -0.25) is 0 Å². The van der Waals surface area contributed by atoms with E-state index in [1.165, 1.54) is 5.56 Å². The summed E-state index contributed by atoms with van der Waals surface area (Å²) < 4.78 is 16.7. The van der Waals surface area contributed by atoms with Gasteiger partial charge in [-0.1, -0.05) is 6.07 Å². The van der Waals surface area contributed by atoms with Gasteiger partial charge in [0.05, 0.1) is 25.4 Å². The van der Waals surface area contributed by atoms with Gasteiger partial charge in [0.2, 0.25) is 0 Å². The van der Waals surface area contributed by atoms with Crippen molar-refractivity contribution in [2.75, 3.05) is 19.8 Å². The minimum atomic E-state index is 0.129. The van der Waals surface area contributed by atoms with Crippen molar-refractivity contribution in [2.24, 2.45) is 0 Å². The van der Waals surface area contributed by atoms with Crippen molar-refractivity contribution in [1.82, 2.24) is 0 Å². The van der Waals surface area contributed by atoms with Crippen molar-refractivity contribution < 1.29 is 14.2 Å². The molecule has 0 saturated carbocycles. The second kappa shape index (κ2) is 4.22. The maximum atomic E-state index is 5.68. The number of aryl methyl sites for hydroxylation is 1. The topological polar surface area (TPSA) is 31.0 Å². The summed E-state index contributed by atoms with van der Waals surface area (Å²) in [5.74, 6) is 1.77. The van der Waals surface area contributed by atoms with Gasteiger partial charge in [-0.05, 0) is 37.5 Å². The van der Waals surface area contributed by atoms with Crippen LogP contribution >= 0.6 is 0 Å². The summed E-state index contributed by atoms with van der Waals surface area (Å²) in [5.41, 5.74) is 1.43. The number of fused-ring (bicyclic) bond motifs is 1. The van der Waals surface area contributed by atoms with Crippen LogP contribution in [0.2, 0.25) is 0 Å². The lowest BCUT2D eigenvalue weighted by molar-refractivity contribution is 0.296. The molecule has 1 fully saturated rings. The highest BCUT2D eigenvalue weighted by Gasteiger charge is 2.38. The normalized spacial score (nSPS) is 26.4. The summed E-state index contributed by atoms with van der Waals surface area (Å²) in [4.78, 5) is 0. The van der Waals surface area contributed by atoms with Crippen LogP contribution in [-0.4, -0.2) is 25.4 Å². The Labute approximate surface area is 102 Å². The van der Waals surface area contributed by atoms with Gasteiger partial charge in [-0.25, -0.2) is 0 Å². The number of epoxide rings is 1. The highest BCUT2D eigenvalue weighted by molar-refractivity contribution is 5.43. The van der Waals surface area contributed by atoms with Gasteiger partial charge in [-0.15, -0.1) is 0 Å². The molecule has 2 aliphatic rings. The summed E-state index contributed by atoms with van der Waals surface area (Å²) in [7, 11) is 0. The van der Waals surface area contributed by atoms with Gasteiger partial charge in [-0.2, -0.15) is 0 Å². The number of rotatable bonds is 3. The van der Waals surface area contributed by atoms with Crippen LogP contribution < -0.4 is 9.47 Å². The Kier molecular flexibility index (Phi) is 2.71. The molecule has 0 radical (unpaired) electrons. The van der Waals surface area contributed by atoms with Crippen LogP contribution in [0.3, 0.4) is 0 Å². The molecular formula is C14H18O3. The molecule has 92 valence electrons. The standard InChI is InChI=1S/C14H18O3/c1-14(10-17-14)6-5-11-3-4-12-13(9-11)16-8-2-7-15-12/h3-4,9H,2,5-8,10H2,1H3. The zero-order chi connectivity index (χ0) is 11.7. The Morgan fingerprint density at radius 1 is 1.18 bits per heavy atom. The quantitative estimate of drug-likeness (QED) is 0.753. The van der Waals surface area contributed by atoms with Crippen LogP contribution in [0.1, 0.15) is 25.3 Å². The molecule has 0 N–H and O–H groups in total. The molecule has 0 spiro atoms. The van der Waals surface area contributed by atoms with E-state index in [-0.39, 0.29) is 5.60 Å². The third kappa shape index (κ3) is 2.55. The Balaban J connectivity index is 1.70. The van der Waals surface area contributed by atoms with E-state index in [1.54, 1.807) is 0 Å². The zero-order valence-electron chi connectivity index (χ0n) is 10.2. The summed E-state index contributed by atoms with van der Waals surface area (Å²) in [5, 5.41) is 0. The monoisotopic (exact) mass is 234 g/mol. The maximum absolute atomic E-state index is 5.68. The lowest BCUT2D eigenvalue weighted by atomic mass is 10.0. The van der Waals surface area contributed by atoms with Crippen molar-refractivity contribution in [2.45, 2.75) is 31.8 Å². The van der Waals surface area contributed by atoms with Gasteiger partial charge >= 0.3 is 0 Å². The van der Waals surface area contributed by atoms with Crippen LogP contribution in [0.5, 0.6) is 11.5 Å². The largest absolute Gasteiger partial charge is 0.490 e. The van der Waals surface area contributed by atoms with E-state index in [9.17, 15) is 0 Å². The number of benzene rings is 1. The first-order valence-corrected chi connectivity index (χ1v) is 6.28. The van der Waals surface area contributed by atoms with Crippen molar-refractivity contribution in [3.8, 4) is 11.5 Å². The van der Waals surface area contributed by atoms with E-state index in [0.29, 0.717) is 0 Å². The van der Waals surface area contributed by atoms with Crippen molar-refractivity contribution in [3.05, 3.63) is 23.8 Å². The zero-order valence-corrected chi connectivity index (χ0v) is 10.2. The molecule has 3 rings (SSSR count). The first-order chi connectivity index (χ1) is 8.25. The fourth-order valence-corrected chi connectivity index (χ4v) is 2.04. The average molecular weight is 234 g/mol. The highest BCUT2D eigenvalue weighted by Crippen LogP contribution is 2.34. The van der Waals surface area contributed by atoms with Crippen molar-refractivity contribution >= 4 is 0 Å². The molecule has 0 aliphatic carbocycles. The van der Waals surface area contributed by atoms with Gasteiger partial charge in [0.1, 0.15) is 0 Å². The fourth-order valence-electron chi connectivity index (χ4n) is 2.04. The van der Waals surface area contributed by atoms with Crippen LogP contribution in [0.25, 0.3) is 0 Å². The minimum absolute atomic E-state index is 0.129. The molecule has 1 saturated heterocycles. The van der Waals surface area contributed by atoms with Crippen LogP contribution in [0.15, 0.2) is 18.2 Å². The molecule has 3 heteroatoms. The minimum Gasteiger partial charge on any atom is -0.490 e. The molecule has 17 heavy (non-hydrogen) atoms. The predicted octanol–water partition coefficient (Wildman–Crippen LogP) is 2.57. The van der Waals surface area contributed by atoms with Gasteiger partial charge < -0.3 is 14.2 Å². The van der Waals surface area contributed by atoms with Gasteiger partial charge in [0.25, 0.3) is 0 Å². The Morgan fingerprint density at radius 3 is 2.71 bits per heavy atom. The number of hydrogen-bond acceptors (Lipinski definition) is 3. The van der Waals surface area contributed by atoms with Crippen molar-refractivity contribution in [1.29, 1.82) is 0 Å². The molecule has 1 atom stereocenters. The third-order valence-corrected chi connectivity index (χ3v) is 3.39. The molecule has 0 bridgehead atoms. The van der Waals surface area contributed by atoms with E-state index in [1.807, 2.05) is 6.07 Å². The Hall–Kier alpha value is -1.22. The first-order valence-electron chi connectivity index (χ1n) is 6.28. The Bertz CT molecular complexity index is 410. The first kappa shape index (κ1) is 10.9. The lowest BCUT2D eigenvalue weighted by Crippen LogP contribution is -2.05. The molecular weight excluding hydrogens is 216 g/mol. The average Bonchev–Trinajstić information content (AvgIpc) is 3.10. The SMILES string of the molecule is CC1(CCc2ccc3c(c2)OCCCO3)CO1. The number of ether oxygens (including phenoxy) is 3. The summed E-state index contributed by atoms with van der Waals surface area (Å²) >= 11 is 0. The predicted molar refractivity (Wildman–Crippen MR) is 64.7 cm³/mol. The van der Waals surface area contributed by atoms with Crippen LogP contribution in [0.4, 0.5) is 0 Å². The maximum Gasteiger partial charge on any atom is 0.161 e. The van der Waals surface area contributed by atoms with E-state index in [0.717, 1.165) is 50.6 Å². The van der Waals surface area contributed by atoms with Gasteiger partial charge in [0, 0.05) is 6.42 Å². The molecule has 0 amide bonds. The summed E-state index contributed by atoms with van der Waals surface area (Å²) in [6, 6.07) is 6.25.